The molecule has 2 rings (SSSR count). The molecule has 0 spiro atoms. The molecule has 0 saturated carbocycles. The van der Waals surface area contributed by atoms with Crippen molar-refractivity contribution in [2.45, 2.75) is 6.92 Å². The maximum atomic E-state index is 5.87. The van der Waals surface area contributed by atoms with Crippen LogP contribution in [0, 0.1) is 6.92 Å². The number of methoxy groups -OCH3 is 1. The van der Waals surface area contributed by atoms with Gasteiger partial charge in [0.1, 0.15) is 5.75 Å². The smallest absolute Gasteiger partial charge is 0.120 e. The molecule has 3 N–H and O–H groups in total. The lowest BCUT2D eigenvalue weighted by Crippen LogP contribution is -1.94. The zero-order valence-electron chi connectivity index (χ0n) is 10.0. The quantitative estimate of drug-likeness (QED) is 0.792. The molecular weight excluding hydrogens is 212 g/mol. The molecule has 0 aliphatic heterocycles. The van der Waals surface area contributed by atoms with Crippen molar-refractivity contribution in [3.63, 3.8) is 0 Å². The molecule has 0 aliphatic rings. The molecule has 3 heteroatoms. The summed E-state index contributed by atoms with van der Waals surface area (Å²) >= 11 is 0. The summed E-state index contributed by atoms with van der Waals surface area (Å²) in [5.41, 5.74) is 9.69. The Morgan fingerprint density at radius 3 is 2.53 bits per heavy atom. The second-order valence-corrected chi connectivity index (χ2v) is 3.93. The zero-order valence-corrected chi connectivity index (χ0v) is 10.0. The van der Waals surface area contributed by atoms with Gasteiger partial charge in [-0.15, -0.1) is 0 Å². The van der Waals surface area contributed by atoms with Gasteiger partial charge in [-0.3, -0.25) is 0 Å². The molecule has 0 aliphatic carbocycles. The van der Waals surface area contributed by atoms with E-state index in [-0.39, 0.29) is 0 Å². The van der Waals surface area contributed by atoms with Crippen LogP contribution in [0.5, 0.6) is 5.75 Å². The Kier molecular flexibility index (Phi) is 3.19. The summed E-state index contributed by atoms with van der Waals surface area (Å²) in [4.78, 5) is 0. The number of hydrogen-bond donors (Lipinski definition) is 2. The molecule has 17 heavy (non-hydrogen) atoms. The van der Waals surface area contributed by atoms with Gasteiger partial charge >= 0.3 is 0 Å². The van der Waals surface area contributed by atoms with Crippen molar-refractivity contribution in [3.8, 4) is 5.75 Å². The average molecular weight is 228 g/mol. The summed E-state index contributed by atoms with van der Waals surface area (Å²) in [7, 11) is 1.66. The molecule has 3 nitrogen and oxygen atoms in total. The van der Waals surface area contributed by atoms with Gasteiger partial charge in [-0.25, -0.2) is 0 Å². The lowest BCUT2D eigenvalue weighted by molar-refractivity contribution is 0.415. The van der Waals surface area contributed by atoms with Crippen LogP contribution in [0.1, 0.15) is 5.56 Å². The Morgan fingerprint density at radius 1 is 1.06 bits per heavy atom. The second-order valence-electron chi connectivity index (χ2n) is 3.93. The van der Waals surface area contributed by atoms with Gasteiger partial charge in [0, 0.05) is 23.1 Å². The fourth-order valence-corrected chi connectivity index (χ4v) is 1.59. The van der Waals surface area contributed by atoms with Gasteiger partial charge in [0.2, 0.25) is 0 Å². The van der Waals surface area contributed by atoms with E-state index in [0.29, 0.717) is 0 Å². The van der Waals surface area contributed by atoms with Gasteiger partial charge in [0.15, 0.2) is 0 Å². The van der Waals surface area contributed by atoms with Gasteiger partial charge in [-0.1, -0.05) is 12.1 Å². The first-order chi connectivity index (χ1) is 8.19. The van der Waals surface area contributed by atoms with Crippen molar-refractivity contribution in [3.05, 3.63) is 48.0 Å². The van der Waals surface area contributed by atoms with Crippen LogP contribution < -0.4 is 15.8 Å². The summed E-state index contributed by atoms with van der Waals surface area (Å²) < 4.78 is 5.17. The van der Waals surface area contributed by atoms with Crippen LogP contribution in [-0.4, -0.2) is 7.11 Å². The van der Waals surface area contributed by atoms with E-state index in [1.165, 1.54) is 0 Å². The highest BCUT2D eigenvalue weighted by Gasteiger charge is 1.99. The lowest BCUT2D eigenvalue weighted by atomic mass is 10.2. The zero-order chi connectivity index (χ0) is 12.3. The van der Waals surface area contributed by atoms with Gasteiger partial charge in [0.05, 0.1) is 7.11 Å². The third-order valence-corrected chi connectivity index (χ3v) is 2.64. The molecule has 0 amide bonds. The number of benzene rings is 2. The van der Waals surface area contributed by atoms with E-state index in [9.17, 15) is 0 Å². The fourth-order valence-electron chi connectivity index (χ4n) is 1.59. The minimum Gasteiger partial charge on any atom is -0.497 e. The number of nitrogens with two attached hydrogens (primary N) is 1. The topological polar surface area (TPSA) is 47.3 Å². The van der Waals surface area contributed by atoms with Gasteiger partial charge in [0.25, 0.3) is 0 Å². The van der Waals surface area contributed by atoms with E-state index in [0.717, 1.165) is 28.4 Å². The molecule has 0 saturated heterocycles. The first-order valence-corrected chi connectivity index (χ1v) is 5.46. The number of nitrogens with one attached hydrogen (secondary N) is 1. The first-order valence-electron chi connectivity index (χ1n) is 5.46. The van der Waals surface area contributed by atoms with Gasteiger partial charge < -0.3 is 15.8 Å². The Balaban J connectivity index is 2.22. The minimum atomic E-state index is 0.790. The largest absolute Gasteiger partial charge is 0.497 e. The van der Waals surface area contributed by atoms with Crippen LogP contribution in [0.15, 0.2) is 42.5 Å². The fraction of sp³-hybridized carbons (Fsp3) is 0.143. The third kappa shape index (κ3) is 2.69. The molecule has 0 fully saturated rings. The number of nitrogen functional groups attached to an aromatic ring is 1. The highest BCUT2D eigenvalue weighted by atomic mass is 16.5. The highest BCUT2D eigenvalue weighted by Crippen LogP contribution is 2.23. The van der Waals surface area contributed by atoms with E-state index in [1.54, 1.807) is 7.11 Å². The lowest BCUT2D eigenvalue weighted by Gasteiger charge is -2.09. The maximum absolute atomic E-state index is 5.87. The Morgan fingerprint density at radius 2 is 1.82 bits per heavy atom. The van der Waals surface area contributed by atoms with Crippen LogP contribution in [0.25, 0.3) is 0 Å². The van der Waals surface area contributed by atoms with Gasteiger partial charge in [-0.05, 0) is 36.8 Å². The average Bonchev–Trinajstić information content (AvgIpc) is 2.34. The number of rotatable bonds is 3. The van der Waals surface area contributed by atoms with E-state index in [2.05, 4.69) is 5.32 Å². The van der Waals surface area contributed by atoms with Crippen LogP contribution >= 0.6 is 0 Å². The van der Waals surface area contributed by atoms with Crippen LogP contribution in [0.4, 0.5) is 17.1 Å². The molecule has 0 radical (unpaired) electrons. The number of ether oxygens (including phenoxy) is 1. The molecule has 0 bridgehead atoms. The van der Waals surface area contributed by atoms with Crippen LogP contribution in [0.3, 0.4) is 0 Å². The van der Waals surface area contributed by atoms with E-state index < -0.39 is 0 Å². The molecule has 0 aromatic heterocycles. The molecule has 0 atom stereocenters. The van der Waals surface area contributed by atoms with Crippen molar-refractivity contribution >= 4 is 17.1 Å². The summed E-state index contributed by atoms with van der Waals surface area (Å²) in [6.07, 6.45) is 0. The normalized spacial score (nSPS) is 10.0. The van der Waals surface area contributed by atoms with Gasteiger partial charge in [-0.2, -0.15) is 0 Å². The van der Waals surface area contributed by atoms with Crippen LogP contribution in [0.2, 0.25) is 0 Å². The first kappa shape index (κ1) is 11.3. The monoisotopic (exact) mass is 228 g/mol. The van der Waals surface area contributed by atoms with Crippen molar-refractivity contribution < 1.29 is 4.74 Å². The van der Waals surface area contributed by atoms with E-state index in [1.807, 2.05) is 49.4 Å². The number of hydrogen-bond acceptors (Lipinski definition) is 3. The third-order valence-electron chi connectivity index (χ3n) is 2.64. The van der Waals surface area contributed by atoms with Crippen molar-refractivity contribution in [1.82, 2.24) is 0 Å². The molecule has 0 heterocycles. The summed E-state index contributed by atoms with van der Waals surface area (Å²) in [5, 5.41) is 3.29. The molecule has 2 aromatic rings. The van der Waals surface area contributed by atoms with E-state index in [4.69, 9.17) is 10.5 Å². The molecular formula is C14H16N2O. The predicted octanol–water partition coefficient (Wildman–Crippen LogP) is 3.33. The van der Waals surface area contributed by atoms with Crippen molar-refractivity contribution in [1.29, 1.82) is 0 Å². The maximum Gasteiger partial charge on any atom is 0.120 e. The number of anilines is 3. The standard InChI is InChI=1S/C14H16N2O/c1-10-6-7-12(9-14(10)15)16-11-4-3-5-13(8-11)17-2/h3-9,16H,15H2,1-2H3. The number of aryl methyl sites for hydroxylation is 1. The van der Waals surface area contributed by atoms with Crippen LogP contribution in [-0.2, 0) is 0 Å². The minimum absolute atomic E-state index is 0.790. The van der Waals surface area contributed by atoms with E-state index >= 15 is 0 Å². The highest BCUT2D eigenvalue weighted by molar-refractivity contribution is 5.66. The SMILES string of the molecule is COc1cccc(Nc2ccc(C)c(N)c2)c1. The summed E-state index contributed by atoms with van der Waals surface area (Å²) in [6.45, 7) is 1.99. The van der Waals surface area contributed by atoms with Crippen molar-refractivity contribution in [2.24, 2.45) is 0 Å². The molecule has 88 valence electrons. The Labute approximate surface area is 101 Å². The van der Waals surface area contributed by atoms with Crippen molar-refractivity contribution in [2.75, 3.05) is 18.2 Å². The summed E-state index contributed by atoms with van der Waals surface area (Å²) in [6, 6.07) is 13.7. The predicted molar refractivity (Wildman–Crippen MR) is 71.9 cm³/mol. The Hall–Kier alpha value is -2.16. The Bertz CT molecular complexity index is 523. The summed E-state index contributed by atoms with van der Waals surface area (Å²) in [5.74, 6) is 0.829. The second kappa shape index (κ2) is 4.78. The molecule has 0 unspecified atom stereocenters. The molecule has 2 aromatic carbocycles.